The van der Waals surface area contributed by atoms with Crippen molar-refractivity contribution in [3.63, 3.8) is 0 Å². The smallest absolute Gasteiger partial charge is 0.477 e. The fraction of sp³-hybridized carbons (Fsp3) is 0.667. The Kier molecular flexibility index (Phi) is 14.1. The molecule has 0 aromatic heterocycles. The number of hydrogen-bond acceptors (Lipinski definition) is 9. The maximum Gasteiger partial charge on any atom is 0.510 e. The molecule has 2 N–H and O–H groups in total. The lowest BCUT2D eigenvalue weighted by Gasteiger charge is -2.32. The van der Waals surface area contributed by atoms with Gasteiger partial charge in [0.05, 0.1) is 11.8 Å². The molecule has 0 heterocycles. The molecule has 10 heteroatoms. The highest BCUT2D eigenvalue weighted by atomic mass is 16.7. The molecule has 226 valence electrons. The monoisotopic (exact) mass is 565 g/mol. The minimum Gasteiger partial charge on any atom is -0.477 e. The second-order valence-electron chi connectivity index (χ2n) is 11.0. The molecule has 4 atom stereocenters. The van der Waals surface area contributed by atoms with E-state index in [0.29, 0.717) is 18.4 Å². The molecule has 40 heavy (non-hydrogen) atoms. The number of carbonyl (C=O) groups excluding carboxylic acids is 3. The van der Waals surface area contributed by atoms with Crippen molar-refractivity contribution >= 4 is 24.1 Å². The van der Waals surface area contributed by atoms with E-state index in [2.05, 4.69) is 5.32 Å². The number of nitrogens with one attached hydrogen (secondary N) is 1. The van der Waals surface area contributed by atoms with Gasteiger partial charge in [0.25, 0.3) is 5.72 Å². The first-order chi connectivity index (χ1) is 18.6. The van der Waals surface area contributed by atoms with Gasteiger partial charge >= 0.3 is 24.1 Å². The van der Waals surface area contributed by atoms with Gasteiger partial charge in [-0.3, -0.25) is 14.9 Å². The molecule has 0 spiro atoms. The predicted octanol–water partition coefficient (Wildman–Crippen LogP) is 5.89. The number of hydrogen-bond donors (Lipinski definition) is 2. The summed E-state index contributed by atoms with van der Waals surface area (Å²) in [4.78, 5) is 50.6. The van der Waals surface area contributed by atoms with Crippen molar-refractivity contribution < 1.29 is 43.2 Å². The first-order valence-electron chi connectivity index (χ1n) is 14.1. The van der Waals surface area contributed by atoms with Crippen LogP contribution in [0.25, 0.3) is 0 Å². The first-order valence-corrected chi connectivity index (χ1v) is 14.1. The molecule has 0 bridgehead atoms. The summed E-state index contributed by atoms with van der Waals surface area (Å²) in [6.45, 7) is 16.2. The fourth-order valence-electron chi connectivity index (χ4n) is 3.85. The Morgan fingerprint density at radius 2 is 1.38 bits per heavy atom. The number of esters is 2. The van der Waals surface area contributed by atoms with Crippen LogP contribution in [0, 0.1) is 17.8 Å². The van der Waals surface area contributed by atoms with Gasteiger partial charge in [0.15, 0.2) is 11.5 Å². The maximum atomic E-state index is 12.8. The van der Waals surface area contributed by atoms with Crippen LogP contribution in [0.1, 0.15) is 93.6 Å². The molecular formula is C30H47NO9. The van der Waals surface area contributed by atoms with Crippen LogP contribution in [0.4, 0.5) is 4.79 Å². The maximum absolute atomic E-state index is 12.8. The summed E-state index contributed by atoms with van der Waals surface area (Å²) in [5, 5.41) is 13.0. The summed E-state index contributed by atoms with van der Waals surface area (Å²) in [6.07, 6.45) is 0.838. The minimum absolute atomic E-state index is 0.00696. The van der Waals surface area contributed by atoms with E-state index in [1.54, 1.807) is 34.6 Å². The summed E-state index contributed by atoms with van der Waals surface area (Å²) in [5.41, 5.74) is -1.83. The van der Waals surface area contributed by atoms with E-state index in [1.807, 2.05) is 27.7 Å². The van der Waals surface area contributed by atoms with Crippen molar-refractivity contribution in [1.82, 2.24) is 5.32 Å². The van der Waals surface area contributed by atoms with E-state index in [4.69, 9.17) is 18.9 Å². The van der Waals surface area contributed by atoms with Gasteiger partial charge in [-0.2, -0.15) is 0 Å². The Balaban J connectivity index is 3.47. The topological polar surface area (TPSA) is 137 Å². The third-order valence-electron chi connectivity index (χ3n) is 6.48. The van der Waals surface area contributed by atoms with Crippen LogP contribution in [0.2, 0.25) is 0 Å². The number of carbonyl (C=O) groups is 4. The van der Waals surface area contributed by atoms with E-state index in [0.717, 1.165) is 12.8 Å². The minimum atomic E-state index is -2.19. The van der Waals surface area contributed by atoms with Gasteiger partial charge in [-0.25, -0.2) is 9.59 Å². The molecule has 0 amide bonds. The van der Waals surface area contributed by atoms with Crippen molar-refractivity contribution in [2.45, 2.75) is 112 Å². The molecule has 1 aromatic carbocycles. The third-order valence-corrected chi connectivity index (χ3v) is 6.48. The lowest BCUT2D eigenvalue weighted by molar-refractivity contribution is -0.168. The number of carboxylic acids is 1. The molecule has 3 unspecified atom stereocenters. The lowest BCUT2D eigenvalue weighted by atomic mass is 10.0. The highest BCUT2D eigenvalue weighted by Crippen LogP contribution is 2.32. The normalized spacial score (nSPS) is 15.1. The van der Waals surface area contributed by atoms with E-state index in [-0.39, 0.29) is 35.8 Å². The number of benzene rings is 1. The second-order valence-corrected chi connectivity index (χ2v) is 11.0. The van der Waals surface area contributed by atoms with Crippen LogP contribution >= 0.6 is 0 Å². The van der Waals surface area contributed by atoms with E-state index in [9.17, 15) is 24.3 Å². The zero-order valence-electron chi connectivity index (χ0n) is 25.4. The van der Waals surface area contributed by atoms with Gasteiger partial charge < -0.3 is 24.1 Å². The third kappa shape index (κ3) is 10.8. The van der Waals surface area contributed by atoms with Crippen molar-refractivity contribution in [2.75, 3.05) is 0 Å². The Morgan fingerprint density at radius 3 is 1.82 bits per heavy atom. The molecule has 0 aliphatic carbocycles. The van der Waals surface area contributed by atoms with Crippen LogP contribution in [-0.4, -0.2) is 47.0 Å². The Hall–Kier alpha value is -3.14. The highest BCUT2D eigenvalue weighted by molar-refractivity contribution is 5.81. The molecule has 1 aromatic rings. The largest absolute Gasteiger partial charge is 0.510 e. The van der Waals surface area contributed by atoms with E-state index < -0.39 is 41.8 Å². The number of rotatable bonds is 16. The Labute approximate surface area is 238 Å². The van der Waals surface area contributed by atoms with E-state index >= 15 is 0 Å². The van der Waals surface area contributed by atoms with Crippen LogP contribution in [0.15, 0.2) is 18.2 Å². The van der Waals surface area contributed by atoms with Crippen molar-refractivity contribution in [2.24, 2.45) is 17.8 Å². The molecule has 0 aliphatic heterocycles. The lowest BCUT2D eigenvalue weighted by Crippen LogP contribution is -2.59. The summed E-state index contributed by atoms with van der Waals surface area (Å²) < 4.78 is 21.9. The van der Waals surface area contributed by atoms with Crippen LogP contribution in [-0.2, 0) is 30.3 Å². The van der Waals surface area contributed by atoms with Crippen molar-refractivity contribution in [1.29, 1.82) is 0 Å². The molecule has 1 rings (SSSR count). The summed E-state index contributed by atoms with van der Waals surface area (Å²) in [7, 11) is 0. The number of aliphatic carboxylic acids is 1. The molecule has 0 aliphatic rings. The standard InChI is InChI=1S/C30H47NO9/c1-10-12-20(7)26(32)38-24-15-14-23(16-25(24)39-27(33)21(8)13-11-2)17-30(28(34)35,31-19(5)6)40-29(36)37-22(9)18(3)4/h14-16,18-22,31H,10-13,17H2,1-9H3,(H,34,35)/t20?,21?,22?,30-/m0/s1. The number of carboxylic acid groups (broad SMARTS) is 1. The van der Waals surface area contributed by atoms with Crippen molar-refractivity contribution in [3.05, 3.63) is 23.8 Å². The van der Waals surface area contributed by atoms with Crippen LogP contribution in [0.3, 0.4) is 0 Å². The van der Waals surface area contributed by atoms with E-state index in [1.165, 1.54) is 18.2 Å². The molecular weight excluding hydrogens is 518 g/mol. The zero-order chi connectivity index (χ0) is 30.6. The van der Waals surface area contributed by atoms with Gasteiger partial charge in [-0.05, 0) is 57.2 Å². The van der Waals surface area contributed by atoms with Gasteiger partial charge in [0.1, 0.15) is 6.10 Å². The van der Waals surface area contributed by atoms with Crippen LogP contribution < -0.4 is 14.8 Å². The number of ether oxygens (including phenoxy) is 4. The molecule has 0 radical (unpaired) electrons. The molecule has 0 fully saturated rings. The summed E-state index contributed by atoms with van der Waals surface area (Å²) >= 11 is 0. The Bertz CT molecular complexity index is 1010. The predicted molar refractivity (Wildman–Crippen MR) is 150 cm³/mol. The fourth-order valence-corrected chi connectivity index (χ4v) is 3.85. The SMILES string of the molecule is CCCC(C)C(=O)Oc1ccc(C[C@](NC(C)C)(OC(=O)OC(C)C(C)C)C(=O)O)cc1OC(=O)C(C)CCC. The molecule has 0 saturated carbocycles. The summed E-state index contributed by atoms with van der Waals surface area (Å²) in [5.74, 6) is -3.18. The van der Waals surface area contributed by atoms with Gasteiger partial charge in [0, 0.05) is 12.5 Å². The first kappa shape index (κ1) is 34.9. The quantitative estimate of drug-likeness (QED) is 0.142. The van der Waals surface area contributed by atoms with Gasteiger partial charge in [0.2, 0.25) is 0 Å². The average molecular weight is 566 g/mol. The average Bonchev–Trinajstić information content (AvgIpc) is 2.84. The van der Waals surface area contributed by atoms with Gasteiger partial charge in [-0.15, -0.1) is 0 Å². The second kappa shape index (κ2) is 16.2. The summed E-state index contributed by atoms with van der Waals surface area (Å²) in [6, 6.07) is 4.01. The van der Waals surface area contributed by atoms with Gasteiger partial charge in [-0.1, -0.05) is 60.5 Å². The molecule has 10 nitrogen and oxygen atoms in total. The zero-order valence-corrected chi connectivity index (χ0v) is 25.4. The Morgan fingerprint density at radius 1 is 0.850 bits per heavy atom. The van der Waals surface area contributed by atoms with Crippen molar-refractivity contribution in [3.8, 4) is 11.5 Å². The highest BCUT2D eigenvalue weighted by Gasteiger charge is 2.45. The van der Waals surface area contributed by atoms with Crippen LogP contribution in [0.5, 0.6) is 11.5 Å². The molecule has 0 saturated heterocycles.